The van der Waals surface area contributed by atoms with Crippen LogP contribution in [0.5, 0.6) is 5.75 Å². The van der Waals surface area contributed by atoms with Crippen LogP contribution in [0.4, 0.5) is 0 Å². The monoisotopic (exact) mass is 549 g/mol. The Bertz CT molecular complexity index is 1930. The van der Waals surface area contributed by atoms with Crippen molar-refractivity contribution in [3.63, 3.8) is 0 Å². The number of aryl methyl sites for hydroxylation is 2. The lowest BCUT2D eigenvalue weighted by Crippen LogP contribution is -2.08. The minimum absolute atomic E-state index is 0.285. The second-order valence-electron chi connectivity index (χ2n) is 12.0. The molecule has 0 aliphatic heterocycles. The molecule has 0 fully saturated rings. The zero-order valence-corrected chi connectivity index (χ0v) is 24.6. The van der Waals surface area contributed by atoms with Crippen molar-refractivity contribution >= 4 is 10.8 Å². The van der Waals surface area contributed by atoms with E-state index in [1.165, 1.54) is 27.6 Å². The van der Waals surface area contributed by atoms with Crippen LogP contribution in [-0.4, -0.2) is 19.6 Å². The van der Waals surface area contributed by atoms with E-state index >= 15 is 0 Å². The molecule has 4 heteroatoms. The van der Waals surface area contributed by atoms with Crippen molar-refractivity contribution < 1.29 is 5.11 Å². The lowest BCUT2D eigenvalue weighted by Gasteiger charge is -2.22. The Kier molecular flexibility index (Phi) is 6.42. The normalized spacial score (nSPS) is 12.6. The molecule has 7 rings (SSSR count). The standard InChI is InChI=1S/C38H35N3O/c1-23(2)28-14-9-15-29(24(3)4)37(28)41-22-33(40-38(41)31-16-7-11-25-10-5-6-13-30(25)31)32-21-20-27-19-18-26-12-8-17-34(42)35(26)36(27)39-32/h5-17,20-24,42H,18-19H2,1-4H3. The maximum atomic E-state index is 10.8. The molecule has 0 atom stereocenters. The van der Waals surface area contributed by atoms with Crippen LogP contribution >= 0.6 is 0 Å². The zero-order chi connectivity index (χ0) is 29.0. The van der Waals surface area contributed by atoms with Gasteiger partial charge in [0.1, 0.15) is 17.3 Å². The molecule has 4 aromatic carbocycles. The topological polar surface area (TPSA) is 50.9 Å². The molecular weight excluding hydrogens is 514 g/mol. The third-order valence-electron chi connectivity index (χ3n) is 8.59. The van der Waals surface area contributed by atoms with Crippen LogP contribution in [0, 0.1) is 0 Å². The van der Waals surface area contributed by atoms with Crippen LogP contribution in [0.25, 0.3) is 50.5 Å². The fourth-order valence-electron chi connectivity index (χ4n) is 6.46. The number of para-hydroxylation sites is 1. The van der Waals surface area contributed by atoms with Gasteiger partial charge in [-0.2, -0.15) is 0 Å². The molecule has 0 amide bonds. The van der Waals surface area contributed by atoms with E-state index in [0.29, 0.717) is 11.8 Å². The first-order valence-electron chi connectivity index (χ1n) is 14.9. The van der Waals surface area contributed by atoms with Crippen LogP contribution in [0.1, 0.15) is 61.8 Å². The maximum absolute atomic E-state index is 10.8. The van der Waals surface area contributed by atoms with Crippen LogP contribution in [0.2, 0.25) is 0 Å². The summed E-state index contributed by atoms with van der Waals surface area (Å²) in [5.74, 6) is 1.87. The number of benzene rings is 4. The highest BCUT2D eigenvalue weighted by molar-refractivity contribution is 5.96. The summed E-state index contributed by atoms with van der Waals surface area (Å²) in [5, 5.41) is 13.2. The molecule has 0 bridgehead atoms. The number of imidazole rings is 1. The molecule has 0 spiro atoms. The summed E-state index contributed by atoms with van der Waals surface area (Å²) < 4.78 is 2.30. The van der Waals surface area contributed by atoms with Crippen molar-refractivity contribution in [2.45, 2.75) is 52.4 Å². The predicted molar refractivity (Wildman–Crippen MR) is 172 cm³/mol. The van der Waals surface area contributed by atoms with Crippen molar-refractivity contribution in [1.29, 1.82) is 0 Å². The molecule has 0 unspecified atom stereocenters. The summed E-state index contributed by atoms with van der Waals surface area (Å²) in [6, 6.07) is 31.6. The minimum Gasteiger partial charge on any atom is -0.507 e. The first-order chi connectivity index (χ1) is 20.4. The average molecular weight is 550 g/mol. The Labute approximate surface area is 247 Å². The van der Waals surface area contributed by atoms with E-state index in [1.54, 1.807) is 6.07 Å². The van der Waals surface area contributed by atoms with Gasteiger partial charge in [0.15, 0.2) is 0 Å². The van der Waals surface area contributed by atoms with Gasteiger partial charge in [-0.1, -0.05) is 107 Å². The fourth-order valence-corrected chi connectivity index (χ4v) is 6.46. The van der Waals surface area contributed by atoms with Gasteiger partial charge >= 0.3 is 0 Å². The van der Waals surface area contributed by atoms with Gasteiger partial charge in [0, 0.05) is 17.3 Å². The average Bonchev–Trinajstić information content (AvgIpc) is 3.45. The lowest BCUT2D eigenvalue weighted by molar-refractivity contribution is 0.476. The number of aromatic nitrogens is 3. The number of nitrogens with zero attached hydrogens (tertiary/aromatic N) is 3. The first-order valence-corrected chi connectivity index (χ1v) is 14.9. The fraction of sp³-hybridized carbons (Fsp3) is 0.211. The maximum Gasteiger partial charge on any atom is 0.145 e. The number of fused-ring (bicyclic) bond motifs is 4. The van der Waals surface area contributed by atoms with Gasteiger partial charge in [-0.3, -0.25) is 4.57 Å². The van der Waals surface area contributed by atoms with Gasteiger partial charge < -0.3 is 5.11 Å². The van der Waals surface area contributed by atoms with Gasteiger partial charge in [0.25, 0.3) is 0 Å². The van der Waals surface area contributed by atoms with Crippen LogP contribution < -0.4 is 0 Å². The number of phenols is 1. The minimum atomic E-state index is 0.285. The third-order valence-corrected chi connectivity index (χ3v) is 8.59. The molecular formula is C38H35N3O. The van der Waals surface area contributed by atoms with E-state index in [4.69, 9.17) is 9.97 Å². The number of hydrogen-bond acceptors (Lipinski definition) is 3. The van der Waals surface area contributed by atoms with Gasteiger partial charge in [-0.15, -0.1) is 0 Å². The molecule has 1 aliphatic rings. The number of rotatable bonds is 5. The van der Waals surface area contributed by atoms with Gasteiger partial charge in [0.2, 0.25) is 0 Å². The van der Waals surface area contributed by atoms with Crippen LogP contribution in [0.15, 0.2) is 97.2 Å². The second kappa shape index (κ2) is 10.3. The molecule has 4 nitrogen and oxygen atoms in total. The molecule has 42 heavy (non-hydrogen) atoms. The molecule has 0 saturated carbocycles. The number of hydrogen-bond donors (Lipinski definition) is 1. The SMILES string of the molecule is CC(C)c1cccc(C(C)C)c1-n1cc(-c2ccc3c(n2)-c2c(O)cccc2CC3)nc1-c1cccc2ccccc12. The van der Waals surface area contributed by atoms with E-state index in [-0.39, 0.29) is 5.75 Å². The van der Waals surface area contributed by atoms with Crippen molar-refractivity contribution in [1.82, 2.24) is 14.5 Å². The van der Waals surface area contributed by atoms with Gasteiger partial charge in [-0.05, 0) is 69.8 Å². The molecule has 208 valence electrons. The van der Waals surface area contributed by atoms with Crippen molar-refractivity contribution in [3.05, 3.63) is 119 Å². The molecule has 1 aliphatic carbocycles. The molecule has 0 saturated heterocycles. The van der Waals surface area contributed by atoms with Gasteiger partial charge in [-0.25, -0.2) is 9.97 Å². The highest BCUT2D eigenvalue weighted by Crippen LogP contribution is 2.41. The van der Waals surface area contributed by atoms with E-state index < -0.39 is 0 Å². The lowest BCUT2D eigenvalue weighted by atomic mass is 9.88. The van der Waals surface area contributed by atoms with Crippen molar-refractivity contribution in [2.24, 2.45) is 0 Å². The van der Waals surface area contributed by atoms with E-state index in [0.717, 1.165) is 58.0 Å². The first kappa shape index (κ1) is 26.2. The van der Waals surface area contributed by atoms with Crippen LogP contribution in [0.3, 0.4) is 0 Å². The Hall–Kier alpha value is -4.70. The summed E-state index contributed by atoms with van der Waals surface area (Å²) in [7, 11) is 0. The predicted octanol–water partition coefficient (Wildman–Crippen LogP) is 9.47. The quantitative estimate of drug-likeness (QED) is 0.233. The van der Waals surface area contributed by atoms with E-state index in [9.17, 15) is 5.11 Å². The molecule has 2 aromatic heterocycles. The number of aromatic hydroxyl groups is 1. The summed E-state index contributed by atoms with van der Waals surface area (Å²) in [4.78, 5) is 10.5. The van der Waals surface area contributed by atoms with E-state index in [2.05, 4.69) is 117 Å². The van der Waals surface area contributed by atoms with Crippen molar-refractivity contribution in [3.8, 4) is 45.5 Å². The Morgan fingerprint density at radius 2 is 1.36 bits per heavy atom. The van der Waals surface area contributed by atoms with Crippen molar-refractivity contribution in [2.75, 3.05) is 0 Å². The molecule has 6 aromatic rings. The zero-order valence-electron chi connectivity index (χ0n) is 24.6. The van der Waals surface area contributed by atoms with Crippen LogP contribution in [-0.2, 0) is 12.8 Å². The highest BCUT2D eigenvalue weighted by atomic mass is 16.3. The molecule has 0 radical (unpaired) electrons. The summed E-state index contributed by atoms with van der Waals surface area (Å²) in [6.45, 7) is 9.03. The highest BCUT2D eigenvalue weighted by Gasteiger charge is 2.25. The van der Waals surface area contributed by atoms with E-state index in [1.807, 2.05) is 6.07 Å². The molecule has 2 heterocycles. The number of pyridine rings is 1. The Morgan fingerprint density at radius 3 is 2.14 bits per heavy atom. The summed E-state index contributed by atoms with van der Waals surface area (Å²) >= 11 is 0. The van der Waals surface area contributed by atoms with Gasteiger partial charge in [0.05, 0.1) is 17.1 Å². The Morgan fingerprint density at radius 1 is 0.667 bits per heavy atom. The second-order valence-corrected chi connectivity index (χ2v) is 12.0. The summed E-state index contributed by atoms with van der Waals surface area (Å²) in [6.07, 6.45) is 3.98. The smallest absolute Gasteiger partial charge is 0.145 e. The third kappa shape index (κ3) is 4.30. The molecule has 1 N–H and O–H groups in total. The number of phenolic OH excluding ortho intramolecular Hbond substituents is 1. The summed E-state index contributed by atoms with van der Waals surface area (Å²) in [5.41, 5.74) is 10.5. The Balaban J connectivity index is 1.51. The largest absolute Gasteiger partial charge is 0.507 e.